The summed E-state index contributed by atoms with van der Waals surface area (Å²) in [7, 11) is 0. The first-order valence-electron chi connectivity index (χ1n) is 45.0. The van der Waals surface area contributed by atoms with Gasteiger partial charge in [0.05, 0.1) is 110 Å². The van der Waals surface area contributed by atoms with E-state index < -0.39 is 0 Å². The minimum absolute atomic E-state index is 0.571. The molecule has 678 valence electrons. The van der Waals surface area contributed by atoms with Crippen LogP contribution in [0.3, 0.4) is 0 Å². The fraction of sp³-hybridized carbons (Fsp3) is 0.320. The van der Waals surface area contributed by atoms with Crippen LogP contribution in [0.1, 0.15) is 192 Å². The van der Waals surface area contributed by atoms with Gasteiger partial charge in [0.2, 0.25) is 0 Å². The minimum atomic E-state index is 0.571. The molecule has 6 aromatic carbocycles. The van der Waals surface area contributed by atoms with E-state index in [1.807, 2.05) is 311 Å². The average Bonchev–Trinajstić information content (AvgIpc) is 1.65. The standard InChI is InChI=1S/2C9H7N3.3C8H6N2.C7H6N2.4C6H5N3.C5H4N4.11C2H6/c1-2-10-7-4-9-8(3-6(1)7)11-5-12-9;1-2-7-9(12-5-11-7)8-6(1)3-4-10-8;1-2-4-8-7(3-1)5-9-6-10-8;1-2-4-8-6-10-9-5-7(8)3-1;1-2-4-8-7(3-1)5-6-9-10-8;1-2-4-7-6(3-1)8-5-9-7;1-2-8-6-3-7-4-9-5(1)6;1-2-8-6-5(1)3-7-4-9-6;1-2-7-6-4-9-8-3-5(1)6;1-2-8-6-5(1)7-3-4-9-6;1-2-6-5-4(1)3-7-9-8-5;11*1-2/h2-4H,1,5H2;1-2,4H,3,5H2;3*1-6H;1-4H,5H2;4*2-4H,1H2;2-3H,1H2;11*1-2H3. The molecule has 14 aromatic rings. The maximum absolute atomic E-state index is 4.29. The van der Waals surface area contributed by atoms with E-state index in [-0.39, 0.29) is 0 Å². The number of aliphatic imine (C=N–C) groups is 7. The Labute approximate surface area is 766 Å². The third-order valence-electron chi connectivity index (χ3n) is 16.4. The van der Waals surface area contributed by atoms with Gasteiger partial charge in [-0.2, -0.15) is 30.6 Å². The maximum atomic E-state index is 4.29. The van der Waals surface area contributed by atoms with Crippen LogP contribution in [0.15, 0.2) is 279 Å². The summed E-state index contributed by atoms with van der Waals surface area (Å²) in [6, 6.07) is 41.9. The Bertz CT molecular complexity index is 5450. The quantitative estimate of drug-likeness (QED) is 0.136. The highest BCUT2D eigenvalue weighted by Gasteiger charge is 2.13. The lowest BCUT2D eigenvalue weighted by Gasteiger charge is -1.93. The first-order valence-corrected chi connectivity index (χ1v) is 45.0. The van der Waals surface area contributed by atoms with E-state index >= 15 is 0 Å². The molecule has 30 heteroatoms. The SMILES string of the molecule is C1=Nc2c(ccc3c2=NCN=3)C1.C1=Nc2cc3c(cc2C1)=NCN=3.C1=Nc2cncnc2C1.C1=Nc2cnncc2C1.C1=Nc2nccnc2C1.C1=Nc2ncncc2C1.C1=Nc2nnncc2C1.CC.CC.CC.CC.CC.CC.CC.CC.CC.CC.CC.c1ccc2c(c1)=NCN=2.c1ccc2cnncc2c1.c1ccc2ncncc2c1.c1ccc2nnccc2c1. The fourth-order valence-electron chi connectivity index (χ4n) is 11.0. The lowest BCUT2D eigenvalue weighted by atomic mass is 10.1. The summed E-state index contributed by atoms with van der Waals surface area (Å²) >= 11 is 0. The topological polar surface area (TPSA) is 380 Å². The molecule has 8 aromatic heterocycles. The molecular formula is C100H128N30. The summed E-state index contributed by atoms with van der Waals surface area (Å²) in [6.45, 7) is 45.8. The molecule has 0 spiro atoms. The molecule has 0 bridgehead atoms. The molecule has 0 N–H and O–H groups in total. The van der Waals surface area contributed by atoms with E-state index in [1.54, 1.807) is 80.8 Å². The molecule has 24 rings (SSSR count). The molecule has 0 saturated heterocycles. The van der Waals surface area contributed by atoms with Crippen molar-refractivity contribution >= 4 is 116 Å². The molecule has 0 atom stereocenters. The van der Waals surface area contributed by atoms with Crippen LogP contribution in [0.5, 0.6) is 0 Å². The Morgan fingerprint density at radius 2 is 0.708 bits per heavy atom. The predicted octanol–water partition coefficient (Wildman–Crippen LogP) is 19.5. The molecule has 0 unspecified atom stereocenters. The van der Waals surface area contributed by atoms with Crippen molar-refractivity contribution in [3.8, 4) is 0 Å². The predicted molar refractivity (Wildman–Crippen MR) is 535 cm³/mol. The average molecular weight is 1750 g/mol. The molecule has 130 heavy (non-hydrogen) atoms. The first kappa shape index (κ1) is 109. The molecule has 30 nitrogen and oxygen atoms in total. The highest BCUT2D eigenvalue weighted by Crippen LogP contribution is 2.24. The molecule has 0 radical (unpaired) electrons. The van der Waals surface area contributed by atoms with Gasteiger partial charge in [-0.1, -0.05) is 231 Å². The van der Waals surface area contributed by atoms with Crippen LogP contribution >= 0.6 is 0 Å². The number of aromatic nitrogens is 17. The summed E-state index contributed by atoms with van der Waals surface area (Å²) in [5, 5.41) is 43.9. The summed E-state index contributed by atoms with van der Waals surface area (Å²) in [6.07, 6.45) is 42.9. The van der Waals surface area contributed by atoms with E-state index in [0.29, 0.717) is 25.8 Å². The van der Waals surface area contributed by atoms with Crippen LogP contribution in [0, 0.1) is 0 Å². The number of rotatable bonds is 0. The second-order valence-corrected chi connectivity index (χ2v) is 23.4. The van der Waals surface area contributed by atoms with Gasteiger partial charge >= 0.3 is 0 Å². The van der Waals surface area contributed by atoms with Gasteiger partial charge in [0.1, 0.15) is 50.0 Å². The summed E-state index contributed by atoms with van der Waals surface area (Å²) < 4.78 is 0. The van der Waals surface area contributed by atoms with E-state index in [2.05, 4.69) is 163 Å². The summed E-state index contributed by atoms with van der Waals surface area (Å²) in [5.41, 5.74) is 13.8. The fourth-order valence-corrected chi connectivity index (χ4v) is 11.0. The van der Waals surface area contributed by atoms with Crippen molar-refractivity contribution in [2.45, 2.75) is 197 Å². The normalized spacial score (nSPS) is 11.6. The van der Waals surface area contributed by atoms with Crippen molar-refractivity contribution in [2.75, 3.05) is 20.0 Å². The van der Waals surface area contributed by atoms with E-state index in [4.69, 9.17) is 0 Å². The van der Waals surface area contributed by atoms with Crippen LogP contribution in [0.25, 0.3) is 32.6 Å². The Balaban J connectivity index is 0.000000361. The molecular weight excluding hydrogens is 1620 g/mol. The number of fused-ring (bicyclic) bond motifs is 14. The van der Waals surface area contributed by atoms with Crippen LogP contribution in [-0.4, -0.2) is 149 Å². The molecule has 10 aliphatic heterocycles. The molecule has 0 fully saturated rings. The molecule has 18 heterocycles. The lowest BCUT2D eigenvalue weighted by Crippen LogP contribution is -2.21. The number of hydrogen-bond acceptors (Lipinski definition) is 30. The van der Waals surface area contributed by atoms with Crippen LogP contribution in [0.2, 0.25) is 0 Å². The molecule has 0 saturated carbocycles. The van der Waals surface area contributed by atoms with Crippen LogP contribution < -0.4 is 32.1 Å². The van der Waals surface area contributed by atoms with Gasteiger partial charge in [0.25, 0.3) is 0 Å². The Morgan fingerprint density at radius 3 is 1.35 bits per heavy atom. The van der Waals surface area contributed by atoms with Crippen molar-refractivity contribution in [2.24, 2.45) is 64.9 Å². The zero-order valence-electron chi connectivity index (χ0n) is 79.7. The Morgan fingerprint density at radius 1 is 0.238 bits per heavy atom. The summed E-state index contributed by atoms with van der Waals surface area (Å²) in [5.74, 6) is 2.31. The van der Waals surface area contributed by atoms with E-state index in [0.717, 1.165) is 167 Å². The zero-order valence-corrected chi connectivity index (χ0v) is 79.7. The summed E-state index contributed by atoms with van der Waals surface area (Å²) in [4.78, 5) is 85.6. The number of benzene rings is 6. The lowest BCUT2D eigenvalue weighted by molar-refractivity contribution is 0.857. The third kappa shape index (κ3) is 36.3. The first-order chi connectivity index (χ1) is 64.6. The molecule has 0 amide bonds. The van der Waals surface area contributed by atoms with Gasteiger partial charge in [0.15, 0.2) is 17.5 Å². The number of hydrogen-bond donors (Lipinski definition) is 0. The Kier molecular flexibility index (Phi) is 58.3. The highest BCUT2D eigenvalue weighted by atomic mass is 15.3. The smallest absolute Gasteiger partial charge is 0.181 e. The number of para-hydroxylation sites is 3. The van der Waals surface area contributed by atoms with Crippen molar-refractivity contribution in [1.82, 2.24) is 85.9 Å². The number of nitrogens with zero attached hydrogens (tertiary/aromatic N) is 30. The van der Waals surface area contributed by atoms with Crippen molar-refractivity contribution in [1.29, 1.82) is 0 Å². The Hall–Kier alpha value is -14.8. The van der Waals surface area contributed by atoms with Gasteiger partial charge in [0, 0.05) is 151 Å². The van der Waals surface area contributed by atoms with Crippen LogP contribution in [-0.2, 0) is 44.9 Å². The van der Waals surface area contributed by atoms with Gasteiger partial charge < -0.3 is 0 Å². The second-order valence-electron chi connectivity index (χ2n) is 23.4. The third-order valence-corrected chi connectivity index (χ3v) is 16.4. The minimum Gasteiger partial charge on any atom is -0.261 e. The van der Waals surface area contributed by atoms with Crippen molar-refractivity contribution in [3.63, 3.8) is 0 Å². The zero-order chi connectivity index (χ0) is 95.0. The van der Waals surface area contributed by atoms with Gasteiger partial charge in [-0.05, 0) is 64.9 Å². The second kappa shape index (κ2) is 69.4. The van der Waals surface area contributed by atoms with Gasteiger partial charge in [-0.15, -0.1) is 10.2 Å². The highest BCUT2D eigenvalue weighted by molar-refractivity contribution is 5.82. The monoisotopic (exact) mass is 1750 g/mol. The van der Waals surface area contributed by atoms with Gasteiger partial charge in [-0.25, -0.2) is 49.9 Å². The van der Waals surface area contributed by atoms with E-state index in [9.17, 15) is 0 Å². The molecule has 0 aliphatic carbocycles. The van der Waals surface area contributed by atoms with Crippen molar-refractivity contribution < 1.29 is 0 Å². The molecule has 10 aliphatic rings. The van der Waals surface area contributed by atoms with E-state index in [1.165, 1.54) is 23.0 Å². The van der Waals surface area contributed by atoms with Crippen molar-refractivity contribution in [3.05, 3.63) is 286 Å². The largest absolute Gasteiger partial charge is 0.261 e. The van der Waals surface area contributed by atoms with Crippen LogP contribution in [0.4, 0.5) is 40.2 Å². The van der Waals surface area contributed by atoms with Gasteiger partial charge in [-0.3, -0.25) is 54.9 Å². The maximum Gasteiger partial charge on any atom is 0.181 e.